The maximum Gasteiger partial charge on any atom is 0.254 e. The van der Waals surface area contributed by atoms with Gasteiger partial charge in [-0.05, 0) is 49.7 Å². The van der Waals surface area contributed by atoms with Gasteiger partial charge in [0.1, 0.15) is 18.9 Å². The average molecular weight is 444 g/mol. The molecule has 2 amide bonds. The molecule has 1 N–H and O–H groups in total. The molecule has 0 spiro atoms. The van der Waals surface area contributed by atoms with Crippen LogP contribution < -0.4 is 10.1 Å². The van der Waals surface area contributed by atoms with E-state index in [1.54, 1.807) is 41.9 Å². The molecule has 0 bridgehead atoms. The Morgan fingerprint density at radius 1 is 1.23 bits per heavy atom. The number of nitrogens with one attached hydrogen (secondary N) is 1. The van der Waals surface area contributed by atoms with Crippen molar-refractivity contribution in [2.45, 2.75) is 20.5 Å². The highest BCUT2D eigenvalue weighted by molar-refractivity contribution is 7.07. The van der Waals surface area contributed by atoms with E-state index in [0.717, 1.165) is 11.3 Å². The fraction of sp³-hybridized carbons (Fsp3) is 0.227. The Balaban J connectivity index is 1.64. The van der Waals surface area contributed by atoms with Crippen LogP contribution in [0, 0.1) is 6.92 Å². The molecule has 1 aromatic heterocycles. The smallest absolute Gasteiger partial charge is 0.254 e. The maximum absolute atomic E-state index is 12.9. The second kappa shape index (κ2) is 10.2. The summed E-state index contributed by atoms with van der Waals surface area (Å²) in [4.78, 5) is 31.1. The van der Waals surface area contributed by atoms with E-state index in [1.165, 1.54) is 16.2 Å². The summed E-state index contributed by atoms with van der Waals surface area (Å²) in [6, 6.07) is 12.2. The van der Waals surface area contributed by atoms with Crippen LogP contribution in [0.1, 0.15) is 28.5 Å². The molecule has 0 saturated carbocycles. The van der Waals surface area contributed by atoms with Gasteiger partial charge in [0.05, 0.1) is 11.2 Å². The van der Waals surface area contributed by atoms with Gasteiger partial charge in [-0.1, -0.05) is 23.7 Å². The van der Waals surface area contributed by atoms with Crippen molar-refractivity contribution in [1.82, 2.24) is 9.88 Å². The van der Waals surface area contributed by atoms with E-state index in [0.29, 0.717) is 35.2 Å². The summed E-state index contributed by atoms with van der Waals surface area (Å²) < 4.78 is 5.72. The molecule has 0 aliphatic heterocycles. The second-order valence-electron chi connectivity index (χ2n) is 6.62. The van der Waals surface area contributed by atoms with Crippen molar-refractivity contribution in [3.05, 3.63) is 75.2 Å². The average Bonchev–Trinajstić information content (AvgIpc) is 3.26. The van der Waals surface area contributed by atoms with E-state index in [4.69, 9.17) is 16.3 Å². The van der Waals surface area contributed by atoms with Crippen LogP contribution in [-0.2, 0) is 11.4 Å². The Kier molecular flexibility index (Phi) is 7.43. The summed E-state index contributed by atoms with van der Waals surface area (Å²) in [5.41, 5.74) is 4.56. The fourth-order valence-corrected chi connectivity index (χ4v) is 3.50. The quantitative estimate of drug-likeness (QED) is 0.543. The lowest BCUT2D eigenvalue weighted by Crippen LogP contribution is -2.38. The third-order valence-corrected chi connectivity index (χ3v) is 5.30. The van der Waals surface area contributed by atoms with E-state index >= 15 is 0 Å². The fourth-order valence-electron chi connectivity index (χ4n) is 2.79. The summed E-state index contributed by atoms with van der Waals surface area (Å²) in [5, 5.41) is 5.27. The zero-order valence-electron chi connectivity index (χ0n) is 16.7. The summed E-state index contributed by atoms with van der Waals surface area (Å²) in [5.74, 6) is 0.0463. The van der Waals surface area contributed by atoms with Gasteiger partial charge in [-0.3, -0.25) is 9.59 Å². The van der Waals surface area contributed by atoms with Gasteiger partial charge in [0.2, 0.25) is 5.91 Å². The molecule has 0 aliphatic rings. The number of rotatable bonds is 8. The van der Waals surface area contributed by atoms with Gasteiger partial charge in [0.25, 0.3) is 5.91 Å². The topological polar surface area (TPSA) is 71.5 Å². The number of anilines is 1. The third-order valence-electron chi connectivity index (χ3n) is 4.43. The number of hydrogen-bond donors (Lipinski definition) is 1. The van der Waals surface area contributed by atoms with Crippen molar-refractivity contribution in [2.75, 3.05) is 18.4 Å². The van der Waals surface area contributed by atoms with Crippen LogP contribution in [0.2, 0.25) is 5.02 Å². The number of hydrogen-bond acceptors (Lipinski definition) is 5. The minimum Gasteiger partial charge on any atom is -0.487 e. The molecule has 8 heteroatoms. The number of aromatic nitrogens is 1. The number of nitrogens with zero attached hydrogens (tertiary/aromatic N) is 2. The monoisotopic (exact) mass is 443 g/mol. The van der Waals surface area contributed by atoms with Crippen molar-refractivity contribution in [1.29, 1.82) is 0 Å². The number of carbonyl (C=O) groups excluding carboxylic acids is 2. The number of likely N-dealkylation sites (N-methyl/N-ethyl adjacent to an activating group) is 1. The van der Waals surface area contributed by atoms with Crippen molar-refractivity contribution in [3.8, 4) is 5.75 Å². The summed E-state index contributed by atoms with van der Waals surface area (Å²) in [7, 11) is 0. The van der Waals surface area contributed by atoms with Crippen LogP contribution >= 0.6 is 22.9 Å². The molecule has 0 radical (unpaired) electrons. The van der Waals surface area contributed by atoms with E-state index in [-0.39, 0.29) is 18.4 Å². The highest BCUT2D eigenvalue weighted by atomic mass is 35.5. The molecule has 0 unspecified atom stereocenters. The molecule has 6 nitrogen and oxygen atoms in total. The maximum atomic E-state index is 12.9. The van der Waals surface area contributed by atoms with Gasteiger partial charge in [0, 0.05) is 28.2 Å². The lowest BCUT2D eigenvalue weighted by molar-refractivity contribution is -0.116. The Hall–Kier alpha value is -2.90. The summed E-state index contributed by atoms with van der Waals surface area (Å²) in [6.07, 6.45) is 0. The largest absolute Gasteiger partial charge is 0.487 e. The predicted molar refractivity (Wildman–Crippen MR) is 119 cm³/mol. The number of halogens is 1. The highest BCUT2D eigenvalue weighted by Crippen LogP contribution is 2.20. The Labute approximate surface area is 184 Å². The Morgan fingerprint density at radius 2 is 2.07 bits per heavy atom. The lowest BCUT2D eigenvalue weighted by atomic mass is 10.2. The summed E-state index contributed by atoms with van der Waals surface area (Å²) in [6.45, 7) is 4.38. The van der Waals surface area contributed by atoms with Crippen LogP contribution in [0.3, 0.4) is 0 Å². The zero-order chi connectivity index (χ0) is 21.5. The SMILES string of the molecule is CCN(CC(=O)Nc1cc(Cl)ccc1C)C(=O)c1cccc(OCc2cscn2)c1. The van der Waals surface area contributed by atoms with E-state index in [2.05, 4.69) is 10.3 Å². The lowest BCUT2D eigenvalue weighted by Gasteiger charge is -2.21. The standard InChI is InChI=1S/C22H22ClN3O3S/c1-3-26(11-21(27)25-20-10-17(23)8-7-15(20)2)22(28)16-5-4-6-19(9-16)29-12-18-13-30-14-24-18/h4-10,13-14H,3,11-12H2,1-2H3,(H,25,27). The molecular formula is C22H22ClN3O3S. The number of amides is 2. The minimum atomic E-state index is -0.286. The van der Waals surface area contributed by atoms with Crippen molar-refractivity contribution < 1.29 is 14.3 Å². The van der Waals surface area contributed by atoms with E-state index < -0.39 is 0 Å². The van der Waals surface area contributed by atoms with Crippen LogP contribution in [0.5, 0.6) is 5.75 Å². The number of benzene rings is 2. The third kappa shape index (κ3) is 5.81. The van der Waals surface area contributed by atoms with Crippen LogP contribution in [0.4, 0.5) is 5.69 Å². The first-order chi connectivity index (χ1) is 14.5. The molecule has 156 valence electrons. The summed E-state index contributed by atoms with van der Waals surface area (Å²) >= 11 is 7.51. The molecular weight excluding hydrogens is 422 g/mol. The van der Waals surface area contributed by atoms with Gasteiger partial charge in [-0.15, -0.1) is 11.3 Å². The van der Waals surface area contributed by atoms with Gasteiger partial charge < -0.3 is 15.0 Å². The molecule has 2 aromatic carbocycles. The first kappa shape index (κ1) is 21.8. The number of aryl methyl sites for hydroxylation is 1. The van der Waals surface area contributed by atoms with Crippen LogP contribution in [-0.4, -0.2) is 34.8 Å². The van der Waals surface area contributed by atoms with Gasteiger partial charge >= 0.3 is 0 Å². The normalized spacial score (nSPS) is 10.5. The first-order valence-electron chi connectivity index (χ1n) is 9.41. The second-order valence-corrected chi connectivity index (χ2v) is 7.78. The molecule has 3 rings (SSSR count). The molecule has 1 heterocycles. The van der Waals surface area contributed by atoms with Gasteiger partial charge in [-0.25, -0.2) is 4.98 Å². The molecule has 3 aromatic rings. The van der Waals surface area contributed by atoms with Crippen molar-refractivity contribution in [3.63, 3.8) is 0 Å². The molecule has 30 heavy (non-hydrogen) atoms. The molecule has 0 fully saturated rings. The highest BCUT2D eigenvalue weighted by Gasteiger charge is 2.18. The molecule has 0 aliphatic carbocycles. The van der Waals surface area contributed by atoms with Gasteiger partial charge in [-0.2, -0.15) is 0 Å². The zero-order valence-corrected chi connectivity index (χ0v) is 18.3. The minimum absolute atomic E-state index is 0.0643. The first-order valence-corrected chi connectivity index (χ1v) is 10.7. The number of carbonyl (C=O) groups is 2. The number of ether oxygens (including phenoxy) is 1. The Morgan fingerprint density at radius 3 is 2.80 bits per heavy atom. The van der Waals surface area contributed by atoms with E-state index in [9.17, 15) is 9.59 Å². The number of thiazole rings is 1. The van der Waals surface area contributed by atoms with Crippen LogP contribution in [0.15, 0.2) is 53.4 Å². The van der Waals surface area contributed by atoms with Gasteiger partial charge in [0.15, 0.2) is 0 Å². The molecule has 0 saturated heterocycles. The predicted octanol–water partition coefficient (Wildman–Crippen LogP) is 4.78. The van der Waals surface area contributed by atoms with Crippen LogP contribution in [0.25, 0.3) is 0 Å². The Bertz CT molecular complexity index is 1020. The van der Waals surface area contributed by atoms with Crippen molar-refractivity contribution in [2.24, 2.45) is 0 Å². The molecule has 0 atom stereocenters. The van der Waals surface area contributed by atoms with Crippen molar-refractivity contribution >= 4 is 40.4 Å². The van der Waals surface area contributed by atoms with E-state index in [1.807, 2.05) is 25.3 Å².